The van der Waals surface area contributed by atoms with Crippen molar-refractivity contribution in [1.82, 2.24) is 9.97 Å². The molecular formula is C16H12F4N4O2. The molecule has 0 spiro atoms. The number of hydrazone groups is 1. The highest BCUT2D eigenvalue weighted by Gasteiger charge is 2.12. The van der Waals surface area contributed by atoms with Crippen LogP contribution in [0, 0.1) is 0 Å². The number of para-hydroxylation sites is 2. The van der Waals surface area contributed by atoms with Gasteiger partial charge in [0, 0.05) is 11.6 Å². The number of hydrogen-bond donors (Lipinski definition) is 2. The Morgan fingerprint density at radius 2 is 1.81 bits per heavy atom. The third-order valence-corrected chi connectivity index (χ3v) is 3.19. The fraction of sp³-hybridized carbons (Fsp3) is 0.125. The van der Waals surface area contributed by atoms with Crippen molar-refractivity contribution in [2.24, 2.45) is 5.10 Å². The maximum atomic E-state index is 12.5. The summed E-state index contributed by atoms with van der Waals surface area (Å²) in [6.07, 6.45) is 1.19. The molecule has 0 unspecified atom stereocenters. The average Bonchev–Trinajstić information content (AvgIpc) is 2.98. The van der Waals surface area contributed by atoms with Crippen molar-refractivity contribution in [3.05, 3.63) is 48.0 Å². The Morgan fingerprint density at radius 1 is 1.04 bits per heavy atom. The molecule has 0 amide bonds. The highest BCUT2D eigenvalue weighted by Crippen LogP contribution is 2.26. The Morgan fingerprint density at radius 3 is 2.54 bits per heavy atom. The number of aromatic amines is 1. The molecule has 0 fully saturated rings. The number of nitrogens with one attached hydrogen (secondary N) is 2. The van der Waals surface area contributed by atoms with Crippen LogP contribution in [0.3, 0.4) is 0 Å². The molecule has 0 aliphatic rings. The van der Waals surface area contributed by atoms with Crippen LogP contribution in [0.25, 0.3) is 11.0 Å². The van der Waals surface area contributed by atoms with E-state index >= 15 is 0 Å². The number of halogens is 4. The number of hydrogen-bond acceptors (Lipinski definition) is 5. The second-order valence-corrected chi connectivity index (χ2v) is 4.93. The van der Waals surface area contributed by atoms with Gasteiger partial charge >= 0.3 is 13.2 Å². The van der Waals surface area contributed by atoms with Gasteiger partial charge in [0.1, 0.15) is 11.5 Å². The topological polar surface area (TPSA) is 71.5 Å². The zero-order valence-corrected chi connectivity index (χ0v) is 13.0. The normalized spacial score (nSPS) is 11.6. The Bertz CT molecular complexity index is 881. The van der Waals surface area contributed by atoms with Gasteiger partial charge in [-0.05, 0) is 24.3 Å². The maximum Gasteiger partial charge on any atom is 0.387 e. The quantitative estimate of drug-likeness (QED) is 0.372. The maximum absolute atomic E-state index is 12.5. The first kappa shape index (κ1) is 17.5. The lowest BCUT2D eigenvalue weighted by molar-refractivity contribution is -0.0543. The monoisotopic (exact) mass is 368 g/mol. The number of nitrogens with zero attached hydrogens (tertiary/aromatic N) is 2. The van der Waals surface area contributed by atoms with E-state index < -0.39 is 13.2 Å². The lowest BCUT2D eigenvalue weighted by Crippen LogP contribution is -2.07. The van der Waals surface area contributed by atoms with Crippen LogP contribution in [0.1, 0.15) is 5.56 Å². The summed E-state index contributed by atoms with van der Waals surface area (Å²) in [5.41, 5.74) is 4.27. The van der Waals surface area contributed by atoms with Gasteiger partial charge in [-0.3, -0.25) is 0 Å². The third kappa shape index (κ3) is 4.41. The van der Waals surface area contributed by atoms with Gasteiger partial charge in [-0.25, -0.2) is 10.4 Å². The minimum Gasteiger partial charge on any atom is -0.435 e. The van der Waals surface area contributed by atoms with E-state index in [-0.39, 0.29) is 17.1 Å². The summed E-state index contributed by atoms with van der Waals surface area (Å²) in [6, 6.07) is 10.7. The molecule has 26 heavy (non-hydrogen) atoms. The lowest BCUT2D eigenvalue weighted by Gasteiger charge is -2.10. The number of rotatable bonds is 7. The van der Waals surface area contributed by atoms with Crippen molar-refractivity contribution in [1.29, 1.82) is 0 Å². The van der Waals surface area contributed by atoms with E-state index in [0.29, 0.717) is 5.95 Å². The molecule has 2 aromatic carbocycles. The van der Waals surface area contributed by atoms with E-state index in [1.54, 1.807) is 6.07 Å². The van der Waals surface area contributed by atoms with Crippen LogP contribution in [0.4, 0.5) is 23.5 Å². The van der Waals surface area contributed by atoms with Crippen LogP contribution in [0.5, 0.6) is 11.5 Å². The summed E-state index contributed by atoms with van der Waals surface area (Å²) in [6.45, 7) is -6.21. The van der Waals surface area contributed by atoms with Crippen molar-refractivity contribution in [3.63, 3.8) is 0 Å². The Kier molecular flexibility index (Phi) is 5.20. The Hall–Kier alpha value is -3.30. The molecule has 0 aliphatic heterocycles. The SMILES string of the molecule is FC(F)Oc1ccc(C=NNc2nc3ccccc3[nH]2)c(OC(F)F)c1. The number of fused-ring (bicyclic) bond motifs is 1. The summed E-state index contributed by atoms with van der Waals surface area (Å²) in [7, 11) is 0. The zero-order chi connectivity index (χ0) is 18.5. The van der Waals surface area contributed by atoms with Crippen LogP contribution < -0.4 is 14.9 Å². The average molecular weight is 368 g/mol. The minimum absolute atomic E-state index is 0.135. The predicted molar refractivity (Wildman–Crippen MR) is 87.0 cm³/mol. The second-order valence-electron chi connectivity index (χ2n) is 4.93. The standard InChI is InChI=1S/C16H12F4N4O2/c17-14(18)25-10-6-5-9(13(7-10)26-15(19)20)8-21-24-16-22-11-3-1-2-4-12(11)23-16/h1-8,14-15H,(H2,22,23,24). The summed E-state index contributed by atoms with van der Waals surface area (Å²) < 4.78 is 58.0. The van der Waals surface area contributed by atoms with Crippen molar-refractivity contribution in [3.8, 4) is 11.5 Å². The lowest BCUT2D eigenvalue weighted by atomic mass is 10.2. The van der Waals surface area contributed by atoms with Gasteiger partial charge in [-0.1, -0.05) is 12.1 Å². The van der Waals surface area contributed by atoms with Crippen LogP contribution in [-0.2, 0) is 0 Å². The largest absolute Gasteiger partial charge is 0.435 e. The molecule has 0 aliphatic carbocycles. The molecule has 0 radical (unpaired) electrons. The first-order valence-electron chi connectivity index (χ1n) is 7.29. The molecular weight excluding hydrogens is 356 g/mol. The first-order valence-corrected chi connectivity index (χ1v) is 7.29. The van der Waals surface area contributed by atoms with Crippen molar-refractivity contribution in [2.75, 3.05) is 5.43 Å². The first-order chi connectivity index (χ1) is 12.5. The molecule has 0 atom stereocenters. The molecule has 10 heteroatoms. The Labute approximate surface area is 144 Å². The number of aromatic nitrogens is 2. The molecule has 0 bridgehead atoms. The van der Waals surface area contributed by atoms with Gasteiger partial charge in [0.05, 0.1) is 17.2 Å². The number of alkyl halides is 4. The van der Waals surface area contributed by atoms with Crippen molar-refractivity contribution >= 4 is 23.2 Å². The Balaban J connectivity index is 1.77. The number of H-pyrrole nitrogens is 1. The number of ether oxygens (including phenoxy) is 2. The minimum atomic E-state index is -3.13. The molecule has 3 aromatic rings. The molecule has 2 N–H and O–H groups in total. The van der Waals surface area contributed by atoms with E-state index in [4.69, 9.17) is 0 Å². The van der Waals surface area contributed by atoms with Crippen LogP contribution in [0.2, 0.25) is 0 Å². The van der Waals surface area contributed by atoms with Crippen LogP contribution >= 0.6 is 0 Å². The molecule has 136 valence electrons. The number of imidazole rings is 1. The molecule has 0 saturated carbocycles. The second kappa shape index (κ2) is 7.72. The summed E-state index contributed by atoms with van der Waals surface area (Å²) in [4.78, 5) is 7.20. The summed E-state index contributed by atoms with van der Waals surface area (Å²) in [5, 5.41) is 3.88. The highest BCUT2D eigenvalue weighted by molar-refractivity contribution is 5.84. The fourth-order valence-corrected chi connectivity index (χ4v) is 2.16. The predicted octanol–water partition coefficient (Wildman–Crippen LogP) is 4.21. The summed E-state index contributed by atoms with van der Waals surface area (Å²) >= 11 is 0. The number of benzene rings is 2. The number of anilines is 1. The van der Waals surface area contributed by atoms with E-state index in [1.807, 2.05) is 18.2 Å². The van der Waals surface area contributed by atoms with Gasteiger partial charge in [0.25, 0.3) is 0 Å². The van der Waals surface area contributed by atoms with E-state index in [2.05, 4.69) is 30.0 Å². The van der Waals surface area contributed by atoms with Crippen molar-refractivity contribution in [2.45, 2.75) is 13.2 Å². The van der Waals surface area contributed by atoms with Crippen molar-refractivity contribution < 1.29 is 27.0 Å². The van der Waals surface area contributed by atoms with Gasteiger partial charge in [0.2, 0.25) is 5.95 Å². The third-order valence-electron chi connectivity index (χ3n) is 3.19. The van der Waals surface area contributed by atoms with E-state index in [1.165, 1.54) is 18.3 Å². The zero-order valence-electron chi connectivity index (χ0n) is 13.0. The summed E-state index contributed by atoms with van der Waals surface area (Å²) in [5.74, 6) is -0.317. The van der Waals surface area contributed by atoms with E-state index in [0.717, 1.165) is 17.1 Å². The molecule has 3 rings (SSSR count). The molecule has 1 heterocycles. The molecule has 0 saturated heterocycles. The van der Waals surface area contributed by atoms with E-state index in [9.17, 15) is 17.6 Å². The smallest absolute Gasteiger partial charge is 0.387 e. The highest BCUT2D eigenvalue weighted by atomic mass is 19.3. The fourth-order valence-electron chi connectivity index (χ4n) is 2.16. The van der Waals surface area contributed by atoms with Gasteiger partial charge in [-0.15, -0.1) is 0 Å². The van der Waals surface area contributed by atoms with Gasteiger partial charge < -0.3 is 14.5 Å². The molecule has 6 nitrogen and oxygen atoms in total. The van der Waals surface area contributed by atoms with Gasteiger partial charge in [-0.2, -0.15) is 22.7 Å². The van der Waals surface area contributed by atoms with Gasteiger partial charge in [0.15, 0.2) is 0 Å². The molecule has 1 aromatic heterocycles. The van der Waals surface area contributed by atoms with Crippen LogP contribution in [0.15, 0.2) is 47.6 Å². The van der Waals surface area contributed by atoms with Crippen LogP contribution in [-0.4, -0.2) is 29.4 Å².